The highest BCUT2D eigenvalue weighted by Gasteiger charge is 2.30. The Morgan fingerprint density at radius 2 is 1.92 bits per heavy atom. The third-order valence-corrected chi connectivity index (χ3v) is 4.35. The van der Waals surface area contributed by atoms with Crippen molar-refractivity contribution in [3.8, 4) is 5.75 Å². The minimum Gasteiger partial charge on any atom is -0.487 e. The molecule has 0 bridgehead atoms. The van der Waals surface area contributed by atoms with Crippen molar-refractivity contribution in [1.82, 2.24) is 0 Å². The van der Waals surface area contributed by atoms with E-state index in [-0.39, 0.29) is 34.7 Å². The van der Waals surface area contributed by atoms with Gasteiger partial charge in [0.05, 0.1) is 5.02 Å². The molecular weight excluding hydrogens is 377 g/mol. The smallest absolute Gasteiger partial charge is 0.446 e. The Labute approximate surface area is 151 Å². The van der Waals surface area contributed by atoms with Gasteiger partial charge >= 0.3 is 11.5 Å². The van der Waals surface area contributed by atoms with Crippen LogP contribution in [-0.2, 0) is 17.8 Å². The van der Waals surface area contributed by atoms with Gasteiger partial charge in [0.15, 0.2) is 0 Å². The van der Waals surface area contributed by atoms with E-state index in [1.165, 1.54) is 12.1 Å². The lowest BCUT2D eigenvalue weighted by Crippen LogP contribution is -2.03. The van der Waals surface area contributed by atoms with Crippen molar-refractivity contribution < 1.29 is 27.8 Å². The standard InChI is InChI=1S/C17H14ClF3O3S/c18-13-9-11(6-8-16(22)23)5-7-14(13)24-10-12-3-1-2-4-15(12)25-17(19,20)21/h1-5,7,9H,6,8,10H2,(H,22,23). The molecule has 0 spiro atoms. The number of alkyl halides is 3. The molecule has 25 heavy (non-hydrogen) atoms. The fourth-order valence-electron chi connectivity index (χ4n) is 2.07. The van der Waals surface area contributed by atoms with Crippen LogP contribution in [0, 0.1) is 0 Å². The molecular formula is C17H14ClF3O3S. The van der Waals surface area contributed by atoms with E-state index in [9.17, 15) is 18.0 Å². The number of hydrogen-bond acceptors (Lipinski definition) is 3. The Bertz CT molecular complexity index is 750. The van der Waals surface area contributed by atoms with Crippen molar-refractivity contribution in [3.05, 3.63) is 58.6 Å². The van der Waals surface area contributed by atoms with Crippen LogP contribution in [0.4, 0.5) is 13.2 Å². The van der Waals surface area contributed by atoms with Crippen molar-refractivity contribution in [2.75, 3.05) is 0 Å². The highest BCUT2D eigenvalue weighted by Crippen LogP contribution is 2.39. The maximum atomic E-state index is 12.6. The van der Waals surface area contributed by atoms with Crippen molar-refractivity contribution in [2.24, 2.45) is 0 Å². The van der Waals surface area contributed by atoms with Gasteiger partial charge in [-0.3, -0.25) is 4.79 Å². The Kier molecular flexibility index (Phi) is 6.61. The van der Waals surface area contributed by atoms with E-state index < -0.39 is 11.5 Å². The largest absolute Gasteiger partial charge is 0.487 e. The molecule has 0 aliphatic carbocycles. The first-order valence-electron chi connectivity index (χ1n) is 7.21. The van der Waals surface area contributed by atoms with Crippen LogP contribution in [-0.4, -0.2) is 16.6 Å². The van der Waals surface area contributed by atoms with Gasteiger partial charge in [-0.05, 0) is 41.9 Å². The quantitative estimate of drug-likeness (QED) is 0.630. The molecule has 0 saturated heterocycles. The number of halogens is 4. The van der Waals surface area contributed by atoms with E-state index in [2.05, 4.69) is 0 Å². The predicted molar refractivity (Wildman–Crippen MR) is 90.1 cm³/mol. The molecule has 1 N–H and O–H groups in total. The molecule has 0 aliphatic heterocycles. The molecule has 0 heterocycles. The molecule has 2 rings (SSSR count). The van der Waals surface area contributed by atoms with Crippen molar-refractivity contribution in [2.45, 2.75) is 29.9 Å². The Morgan fingerprint density at radius 1 is 1.20 bits per heavy atom. The molecule has 134 valence electrons. The second-order valence-corrected chi connectivity index (χ2v) is 6.62. The number of carboxylic acids is 1. The second-order valence-electron chi connectivity index (χ2n) is 5.10. The number of hydrogen-bond donors (Lipinski definition) is 1. The fourth-order valence-corrected chi connectivity index (χ4v) is 2.98. The SMILES string of the molecule is O=C(O)CCc1ccc(OCc2ccccc2SC(F)(F)F)c(Cl)c1. The zero-order chi connectivity index (χ0) is 18.4. The normalized spacial score (nSPS) is 11.4. The summed E-state index contributed by atoms with van der Waals surface area (Å²) in [5, 5.41) is 8.96. The fraction of sp³-hybridized carbons (Fsp3) is 0.235. The number of carbonyl (C=O) groups is 1. The van der Waals surface area contributed by atoms with Gasteiger partial charge in [-0.25, -0.2) is 0 Å². The van der Waals surface area contributed by atoms with E-state index in [1.54, 1.807) is 30.3 Å². The minimum absolute atomic E-state index is 0.0153. The monoisotopic (exact) mass is 390 g/mol. The Hall–Kier alpha value is -1.86. The second kappa shape index (κ2) is 8.49. The molecule has 0 fully saturated rings. The average molecular weight is 391 g/mol. The summed E-state index contributed by atoms with van der Waals surface area (Å²) in [6.45, 7) is -0.0621. The van der Waals surface area contributed by atoms with Crippen molar-refractivity contribution in [3.63, 3.8) is 0 Å². The molecule has 8 heteroatoms. The van der Waals surface area contributed by atoms with Crippen LogP contribution >= 0.6 is 23.4 Å². The topological polar surface area (TPSA) is 46.5 Å². The van der Waals surface area contributed by atoms with Gasteiger partial charge in [0.2, 0.25) is 0 Å². The van der Waals surface area contributed by atoms with Crippen LogP contribution in [0.1, 0.15) is 17.5 Å². The third-order valence-electron chi connectivity index (χ3n) is 3.21. The highest BCUT2D eigenvalue weighted by molar-refractivity contribution is 8.00. The summed E-state index contributed by atoms with van der Waals surface area (Å²) in [4.78, 5) is 10.6. The molecule has 0 amide bonds. The predicted octanol–water partition coefficient (Wildman–Crippen LogP) is 5.55. The molecule has 0 aliphatic rings. The Balaban J connectivity index is 2.05. The summed E-state index contributed by atoms with van der Waals surface area (Å²) in [5.41, 5.74) is -3.23. The molecule has 0 saturated carbocycles. The summed E-state index contributed by atoms with van der Waals surface area (Å²) < 4.78 is 43.3. The number of benzene rings is 2. The summed E-state index contributed by atoms with van der Waals surface area (Å²) in [7, 11) is 0. The first-order valence-corrected chi connectivity index (χ1v) is 8.41. The maximum absolute atomic E-state index is 12.6. The number of rotatable bonds is 7. The lowest BCUT2D eigenvalue weighted by atomic mass is 10.1. The van der Waals surface area contributed by atoms with Crippen LogP contribution < -0.4 is 4.74 Å². The van der Waals surface area contributed by atoms with Crippen LogP contribution in [0.2, 0.25) is 5.02 Å². The molecule has 0 aromatic heterocycles. The van der Waals surface area contributed by atoms with Crippen LogP contribution in [0.25, 0.3) is 0 Å². The van der Waals surface area contributed by atoms with E-state index in [4.69, 9.17) is 21.4 Å². The molecule has 2 aromatic rings. The van der Waals surface area contributed by atoms with Gasteiger partial charge in [0.25, 0.3) is 0 Å². The van der Waals surface area contributed by atoms with Gasteiger partial charge < -0.3 is 9.84 Å². The average Bonchev–Trinajstić information content (AvgIpc) is 2.52. The van der Waals surface area contributed by atoms with E-state index in [1.807, 2.05) is 0 Å². The number of carboxylic acid groups (broad SMARTS) is 1. The minimum atomic E-state index is -4.38. The molecule has 0 unspecified atom stereocenters. The van der Waals surface area contributed by atoms with Gasteiger partial charge in [-0.15, -0.1) is 0 Å². The summed E-state index contributed by atoms with van der Waals surface area (Å²) >= 11 is 5.91. The summed E-state index contributed by atoms with van der Waals surface area (Å²) in [5.74, 6) is -0.581. The maximum Gasteiger partial charge on any atom is 0.446 e. The van der Waals surface area contributed by atoms with Gasteiger partial charge in [0.1, 0.15) is 12.4 Å². The zero-order valence-electron chi connectivity index (χ0n) is 12.8. The van der Waals surface area contributed by atoms with Crippen molar-refractivity contribution >= 4 is 29.3 Å². The molecule has 0 atom stereocenters. The van der Waals surface area contributed by atoms with E-state index >= 15 is 0 Å². The first-order chi connectivity index (χ1) is 11.7. The zero-order valence-corrected chi connectivity index (χ0v) is 14.4. The van der Waals surface area contributed by atoms with E-state index in [0.717, 1.165) is 5.56 Å². The van der Waals surface area contributed by atoms with Crippen LogP contribution in [0.5, 0.6) is 5.75 Å². The summed E-state index contributed by atoms with van der Waals surface area (Å²) in [6.07, 6.45) is 0.318. The Morgan fingerprint density at radius 3 is 2.56 bits per heavy atom. The van der Waals surface area contributed by atoms with Gasteiger partial charge in [0, 0.05) is 16.9 Å². The van der Waals surface area contributed by atoms with Crippen LogP contribution in [0.3, 0.4) is 0 Å². The van der Waals surface area contributed by atoms with Gasteiger partial charge in [-0.2, -0.15) is 13.2 Å². The van der Waals surface area contributed by atoms with Gasteiger partial charge in [-0.1, -0.05) is 35.9 Å². The molecule has 2 aromatic carbocycles. The lowest BCUT2D eigenvalue weighted by molar-refractivity contribution is -0.136. The molecule has 0 radical (unpaired) electrons. The summed E-state index contributed by atoms with van der Waals surface area (Å²) in [6, 6.07) is 11.0. The molecule has 3 nitrogen and oxygen atoms in total. The lowest BCUT2D eigenvalue weighted by Gasteiger charge is -2.13. The number of aliphatic carboxylic acids is 1. The number of ether oxygens (including phenoxy) is 1. The highest BCUT2D eigenvalue weighted by atomic mass is 35.5. The number of aryl methyl sites for hydroxylation is 1. The van der Waals surface area contributed by atoms with E-state index in [0.29, 0.717) is 17.7 Å². The first kappa shape index (κ1) is 19.5. The van der Waals surface area contributed by atoms with Crippen LogP contribution in [0.15, 0.2) is 47.4 Å². The third kappa shape index (κ3) is 6.51. The number of thioether (sulfide) groups is 1. The van der Waals surface area contributed by atoms with Crippen molar-refractivity contribution in [1.29, 1.82) is 0 Å².